The molecule has 0 saturated heterocycles. The van der Waals surface area contributed by atoms with Gasteiger partial charge in [-0.25, -0.2) is 0 Å². The predicted molar refractivity (Wildman–Crippen MR) is 80.3 cm³/mol. The van der Waals surface area contributed by atoms with Gasteiger partial charge in [0, 0.05) is 0 Å². The zero-order chi connectivity index (χ0) is 14.7. The van der Waals surface area contributed by atoms with Crippen LogP contribution in [0.4, 0.5) is 0 Å². The molecule has 3 nitrogen and oxygen atoms in total. The average Bonchev–Trinajstić information content (AvgIpc) is 2.34. The summed E-state index contributed by atoms with van der Waals surface area (Å²) < 4.78 is 27.3. The topological polar surface area (TPSA) is 43.4 Å². The maximum absolute atomic E-state index is 11.2. The summed E-state index contributed by atoms with van der Waals surface area (Å²) >= 11 is 0. The molecule has 0 radical (unpaired) electrons. The Hall–Kier alpha value is -0.530. The first-order valence-electron chi connectivity index (χ1n) is 7.29. The van der Waals surface area contributed by atoms with E-state index in [1.807, 2.05) is 6.92 Å². The molecule has 19 heavy (non-hydrogen) atoms. The molecule has 0 spiro atoms. The van der Waals surface area contributed by atoms with Gasteiger partial charge in [0.25, 0.3) is 10.1 Å². The molecule has 0 aliphatic carbocycles. The number of hydrogen-bond acceptors (Lipinski definition) is 3. The van der Waals surface area contributed by atoms with Gasteiger partial charge < -0.3 is 0 Å². The lowest BCUT2D eigenvalue weighted by atomic mass is 9.93. The largest absolute Gasteiger partial charge is 0.265 e. The molecule has 0 amide bonds. The van der Waals surface area contributed by atoms with Crippen molar-refractivity contribution in [2.75, 3.05) is 6.26 Å². The molecule has 0 fully saturated rings. The van der Waals surface area contributed by atoms with Crippen molar-refractivity contribution >= 4 is 10.1 Å². The van der Waals surface area contributed by atoms with Gasteiger partial charge in [-0.1, -0.05) is 58.3 Å². The van der Waals surface area contributed by atoms with E-state index < -0.39 is 16.2 Å². The van der Waals surface area contributed by atoms with Crippen LogP contribution < -0.4 is 0 Å². The molecule has 0 aromatic carbocycles. The zero-order valence-corrected chi connectivity index (χ0v) is 13.3. The SMILES string of the molecule is C#CC(OS(C)(=O)=O)C(CC)CCCCCCCC. The molecule has 0 N–H and O–H groups in total. The maximum atomic E-state index is 11.2. The molecule has 0 heterocycles. The summed E-state index contributed by atoms with van der Waals surface area (Å²) in [6.45, 7) is 4.23. The molecule has 0 aliphatic heterocycles. The van der Waals surface area contributed by atoms with E-state index in [-0.39, 0.29) is 5.92 Å². The van der Waals surface area contributed by atoms with E-state index in [0.29, 0.717) is 0 Å². The van der Waals surface area contributed by atoms with E-state index in [2.05, 4.69) is 12.8 Å². The number of rotatable bonds is 11. The summed E-state index contributed by atoms with van der Waals surface area (Å²) in [5.41, 5.74) is 0. The minimum absolute atomic E-state index is 0.130. The van der Waals surface area contributed by atoms with E-state index in [9.17, 15) is 8.42 Å². The van der Waals surface area contributed by atoms with E-state index >= 15 is 0 Å². The minimum Gasteiger partial charge on any atom is -0.254 e. The highest BCUT2D eigenvalue weighted by Gasteiger charge is 2.22. The molecule has 0 rings (SSSR count). The monoisotopic (exact) mass is 288 g/mol. The summed E-state index contributed by atoms with van der Waals surface area (Å²) in [4.78, 5) is 0. The highest BCUT2D eigenvalue weighted by molar-refractivity contribution is 7.86. The highest BCUT2D eigenvalue weighted by Crippen LogP contribution is 2.21. The Morgan fingerprint density at radius 2 is 1.68 bits per heavy atom. The van der Waals surface area contributed by atoms with Gasteiger partial charge in [0.2, 0.25) is 0 Å². The predicted octanol–water partition coefficient (Wildman–Crippen LogP) is 3.74. The molecule has 2 atom stereocenters. The van der Waals surface area contributed by atoms with Gasteiger partial charge in [-0.2, -0.15) is 8.42 Å². The Morgan fingerprint density at radius 1 is 1.11 bits per heavy atom. The van der Waals surface area contributed by atoms with Crippen LogP contribution in [0.3, 0.4) is 0 Å². The summed E-state index contributed by atoms with van der Waals surface area (Å²) in [6.07, 6.45) is 15.0. The maximum Gasteiger partial charge on any atom is 0.265 e. The van der Waals surface area contributed by atoms with Gasteiger partial charge in [-0.15, -0.1) is 6.42 Å². The fourth-order valence-electron chi connectivity index (χ4n) is 2.19. The summed E-state index contributed by atoms with van der Waals surface area (Å²) in [5, 5.41) is 0. The van der Waals surface area contributed by atoms with Crippen molar-refractivity contribution in [1.82, 2.24) is 0 Å². The Balaban J connectivity index is 4.07. The fourth-order valence-corrected chi connectivity index (χ4v) is 2.78. The minimum atomic E-state index is -3.48. The lowest BCUT2D eigenvalue weighted by Gasteiger charge is -2.20. The summed E-state index contributed by atoms with van der Waals surface area (Å²) in [7, 11) is -3.48. The normalized spacial score (nSPS) is 14.8. The number of unbranched alkanes of at least 4 members (excludes halogenated alkanes) is 5. The number of terminal acetylenes is 1. The average molecular weight is 288 g/mol. The van der Waals surface area contributed by atoms with Crippen molar-refractivity contribution < 1.29 is 12.6 Å². The number of hydrogen-bond donors (Lipinski definition) is 0. The van der Waals surface area contributed by atoms with Crippen LogP contribution >= 0.6 is 0 Å². The zero-order valence-electron chi connectivity index (χ0n) is 12.5. The van der Waals surface area contributed by atoms with Crippen LogP contribution in [0.2, 0.25) is 0 Å². The van der Waals surface area contributed by atoms with Crippen molar-refractivity contribution in [3.05, 3.63) is 0 Å². The van der Waals surface area contributed by atoms with Gasteiger partial charge in [-0.05, 0) is 18.8 Å². The molecule has 112 valence electrons. The first-order valence-corrected chi connectivity index (χ1v) is 9.10. The standard InChI is InChI=1S/C15H28O3S/c1-5-8-9-10-11-12-13-14(6-2)15(7-3)18-19(4,16)17/h3,14-15H,5-6,8-13H2,1-2,4H3. The lowest BCUT2D eigenvalue weighted by molar-refractivity contribution is 0.181. The molecule has 0 saturated carbocycles. The molecule has 0 aliphatic rings. The second-order valence-corrected chi connectivity index (χ2v) is 6.71. The van der Waals surface area contributed by atoms with E-state index in [1.165, 1.54) is 32.1 Å². The Kier molecular flexibility index (Phi) is 9.99. The second-order valence-electron chi connectivity index (χ2n) is 5.11. The smallest absolute Gasteiger partial charge is 0.254 e. The van der Waals surface area contributed by atoms with Crippen LogP contribution in [0.1, 0.15) is 65.2 Å². The van der Waals surface area contributed by atoms with Crippen molar-refractivity contribution in [2.45, 2.75) is 71.3 Å². The van der Waals surface area contributed by atoms with Gasteiger partial charge in [0.1, 0.15) is 6.10 Å². The molecule has 2 unspecified atom stereocenters. The van der Waals surface area contributed by atoms with E-state index in [0.717, 1.165) is 25.5 Å². The van der Waals surface area contributed by atoms with E-state index in [4.69, 9.17) is 10.6 Å². The quantitative estimate of drug-likeness (QED) is 0.330. The van der Waals surface area contributed by atoms with Crippen LogP contribution in [0, 0.1) is 18.3 Å². The molecule has 0 bridgehead atoms. The first kappa shape index (κ1) is 18.5. The third-order valence-electron chi connectivity index (χ3n) is 3.32. The van der Waals surface area contributed by atoms with Crippen molar-refractivity contribution in [3.8, 4) is 12.3 Å². The van der Waals surface area contributed by atoms with Crippen molar-refractivity contribution in [1.29, 1.82) is 0 Å². The lowest BCUT2D eigenvalue weighted by Crippen LogP contribution is -2.25. The third-order valence-corrected chi connectivity index (χ3v) is 3.88. The third kappa shape index (κ3) is 9.98. The molecular weight excluding hydrogens is 260 g/mol. The van der Waals surface area contributed by atoms with E-state index in [1.54, 1.807) is 0 Å². The van der Waals surface area contributed by atoms with Gasteiger partial charge in [-0.3, -0.25) is 4.18 Å². The van der Waals surface area contributed by atoms with Crippen LogP contribution in [-0.4, -0.2) is 20.8 Å². The Morgan fingerprint density at radius 3 is 2.16 bits per heavy atom. The molecule has 4 heteroatoms. The van der Waals surface area contributed by atoms with Gasteiger partial charge in [0.05, 0.1) is 6.26 Å². The molecule has 0 aromatic heterocycles. The van der Waals surface area contributed by atoms with Gasteiger partial charge in [0.15, 0.2) is 0 Å². The highest BCUT2D eigenvalue weighted by atomic mass is 32.2. The van der Waals surface area contributed by atoms with Gasteiger partial charge >= 0.3 is 0 Å². The second kappa shape index (κ2) is 10.3. The Bertz CT molecular complexity index is 354. The van der Waals surface area contributed by atoms with Crippen LogP contribution in [0.25, 0.3) is 0 Å². The van der Waals surface area contributed by atoms with Crippen LogP contribution in [0.15, 0.2) is 0 Å². The van der Waals surface area contributed by atoms with Crippen LogP contribution in [0.5, 0.6) is 0 Å². The molecule has 0 aromatic rings. The summed E-state index contributed by atoms with van der Waals surface area (Å²) in [6, 6.07) is 0. The van der Waals surface area contributed by atoms with Crippen LogP contribution in [-0.2, 0) is 14.3 Å². The molecular formula is C15H28O3S. The first-order chi connectivity index (χ1) is 8.94. The Labute approximate surface area is 119 Å². The fraction of sp³-hybridized carbons (Fsp3) is 0.867. The summed E-state index contributed by atoms with van der Waals surface area (Å²) in [5.74, 6) is 2.60. The van der Waals surface area contributed by atoms with Crippen molar-refractivity contribution in [3.63, 3.8) is 0 Å². The van der Waals surface area contributed by atoms with Crippen molar-refractivity contribution in [2.24, 2.45) is 5.92 Å².